The monoisotopic (exact) mass is 465 g/mol. The fourth-order valence-electron chi connectivity index (χ4n) is 2.84. The summed E-state index contributed by atoms with van der Waals surface area (Å²) < 4.78 is 21.5. The molecule has 0 atom stereocenters. The molecule has 0 bridgehead atoms. The standard InChI is InChI=1S/C23H17BrFN3O2/c24-17-7-4-8-19(13-17)26-23(29)22-21(30-15-16-5-2-1-3-6-16)14-28(27-22)20-11-9-18(25)10-12-20/h1-14H,15H2,(H,26,29). The summed E-state index contributed by atoms with van der Waals surface area (Å²) in [6.45, 7) is 0.285. The van der Waals surface area contributed by atoms with Crippen LogP contribution in [0.4, 0.5) is 10.1 Å². The van der Waals surface area contributed by atoms with Crippen LogP contribution in [0, 0.1) is 5.82 Å². The molecule has 0 aliphatic rings. The van der Waals surface area contributed by atoms with E-state index in [2.05, 4.69) is 26.3 Å². The molecule has 5 nitrogen and oxygen atoms in total. The fourth-order valence-corrected chi connectivity index (χ4v) is 3.24. The number of nitrogens with one attached hydrogen (secondary N) is 1. The summed E-state index contributed by atoms with van der Waals surface area (Å²) in [6.07, 6.45) is 1.62. The quantitative estimate of drug-likeness (QED) is 0.402. The molecule has 4 rings (SSSR count). The van der Waals surface area contributed by atoms with Crippen LogP contribution in [0.5, 0.6) is 5.75 Å². The Bertz CT molecular complexity index is 1160. The molecular weight excluding hydrogens is 449 g/mol. The lowest BCUT2D eigenvalue weighted by Crippen LogP contribution is -2.14. The van der Waals surface area contributed by atoms with E-state index in [1.54, 1.807) is 30.5 Å². The zero-order valence-electron chi connectivity index (χ0n) is 15.8. The summed E-state index contributed by atoms with van der Waals surface area (Å²) in [7, 11) is 0. The molecule has 0 unspecified atom stereocenters. The summed E-state index contributed by atoms with van der Waals surface area (Å²) in [6, 6.07) is 22.7. The van der Waals surface area contributed by atoms with Crippen LogP contribution in [0.25, 0.3) is 5.69 Å². The van der Waals surface area contributed by atoms with Gasteiger partial charge in [-0.15, -0.1) is 0 Å². The van der Waals surface area contributed by atoms with Crippen molar-refractivity contribution in [1.82, 2.24) is 9.78 Å². The molecule has 1 N–H and O–H groups in total. The van der Waals surface area contributed by atoms with Gasteiger partial charge in [-0.1, -0.05) is 52.3 Å². The van der Waals surface area contributed by atoms with Crippen LogP contribution in [-0.2, 0) is 6.61 Å². The molecule has 0 saturated heterocycles. The molecule has 0 aliphatic carbocycles. The summed E-state index contributed by atoms with van der Waals surface area (Å²) in [4.78, 5) is 12.9. The van der Waals surface area contributed by atoms with E-state index in [1.807, 2.05) is 42.5 Å². The molecule has 4 aromatic rings. The highest BCUT2D eigenvalue weighted by atomic mass is 79.9. The van der Waals surface area contributed by atoms with Crippen LogP contribution in [-0.4, -0.2) is 15.7 Å². The van der Waals surface area contributed by atoms with Crippen molar-refractivity contribution in [2.24, 2.45) is 0 Å². The Morgan fingerprint density at radius 3 is 2.53 bits per heavy atom. The van der Waals surface area contributed by atoms with Crippen molar-refractivity contribution in [2.75, 3.05) is 5.32 Å². The van der Waals surface area contributed by atoms with Gasteiger partial charge in [-0.2, -0.15) is 5.10 Å². The normalized spacial score (nSPS) is 10.6. The number of aromatic nitrogens is 2. The SMILES string of the molecule is O=C(Nc1cccc(Br)c1)c1nn(-c2ccc(F)cc2)cc1OCc1ccccc1. The maximum atomic E-state index is 13.3. The van der Waals surface area contributed by atoms with Crippen molar-refractivity contribution in [1.29, 1.82) is 0 Å². The van der Waals surface area contributed by atoms with Gasteiger partial charge < -0.3 is 10.1 Å². The van der Waals surface area contributed by atoms with Crippen LogP contribution < -0.4 is 10.1 Å². The Kier molecular flexibility index (Phi) is 5.90. The Hall–Kier alpha value is -3.45. The number of hydrogen-bond donors (Lipinski definition) is 1. The largest absolute Gasteiger partial charge is 0.485 e. The van der Waals surface area contributed by atoms with Gasteiger partial charge in [0.05, 0.1) is 11.9 Å². The van der Waals surface area contributed by atoms with Crippen LogP contribution in [0.3, 0.4) is 0 Å². The molecule has 0 fully saturated rings. The second kappa shape index (κ2) is 8.92. The van der Waals surface area contributed by atoms with E-state index in [0.717, 1.165) is 10.0 Å². The Morgan fingerprint density at radius 2 is 1.80 bits per heavy atom. The van der Waals surface area contributed by atoms with E-state index in [9.17, 15) is 9.18 Å². The van der Waals surface area contributed by atoms with E-state index in [4.69, 9.17) is 4.74 Å². The van der Waals surface area contributed by atoms with Crippen LogP contribution in [0.1, 0.15) is 16.1 Å². The average molecular weight is 466 g/mol. The molecule has 0 spiro atoms. The van der Waals surface area contributed by atoms with Gasteiger partial charge in [-0.05, 0) is 48.0 Å². The highest BCUT2D eigenvalue weighted by molar-refractivity contribution is 9.10. The zero-order valence-corrected chi connectivity index (χ0v) is 17.3. The highest BCUT2D eigenvalue weighted by Crippen LogP contribution is 2.23. The first-order chi connectivity index (χ1) is 14.6. The van der Waals surface area contributed by atoms with Crippen LogP contribution in [0.2, 0.25) is 0 Å². The predicted octanol–water partition coefficient (Wildman–Crippen LogP) is 5.61. The van der Waals surface area contributed by atoms with Crippen molar-refractivity contribution in [2.45, 2.75) is 6.61 Å². The van der Waals surface area contributed by atoms with Crippen molar-refractivity contribution < 1.29 is 13.9 Å². The number of anilines is 1. The minimum absolute atomic E-state index is 0.134. The Morgan fingerprint density at radius 1 is 1.03 bits per heavy atom. The van der Waals surface area contributed by atoms with E-state index in [0.29, 0.717) is 17.1 Å². The van der Waals surface area contributed by atoms with Gasteiger partial charge in [0.2, 0.25) is 0 Å². The average Bonchev–Trinajstić information content (AvgIpc) is 3.18. The number of carbonyl (C=O) groups excluding carboxylic acids is 1. The first-order valence-electron chi connectivity index (χ1n) is 9.18. The maximum Gasteiger partial charge on any atom is 0.280 e. The molecule has 7 heteroatoms. The number of hydrogen-bond acceptors (Lipinski definition) is 3. The number of benzene rings is 3. The lowest BCUT2D eigenvalue weighted by atomic mass is 10.2. The van der Waals surface area contributed by atoms with Crippen molar-refractivity contribution >= 4 is 27.5 Å². The minimum Gasteiger partial charge on any atom is -0.485 e. The lowest BCUT2D eigenvalue weighted by Gasteiger charge is -2.07. The predicted molar refractivity (Wildman–Crippen MR) is 116 cm³/mol. The van der Waals surface area contributed by atoms with Crippen molar-refractivity contribution in [3.8, 4) is 11.4 Å². The number of amides is 1. The van der Waals surface area contributed by atoms with E-state index in [-0.39, 0.29) is 18.1 Å². The molecule has 0 aliphatic heterocycles. The summed E-state index contributed by atoms with van der Waals surface area (Å²) in [5, 5.41) is 7.21. The highest BCUT2D eigenvalue weighted by Gasteiger charge is 2.19. The first-order valence-corrected chi connectivity index (χ1v) is 9.97. The summed E-state index contributed by atoms with van der Waals surface area (Å²) in [5.41, 5.74) is 2.34. The lowest BCUT2D eigenvalue weighted by molar-refractivity contribution is 0.101. The van der Waals surface area contributed by atoms with E-state index < -0.39 is 5.91 Å². The van der Waals surface area contributed by atoms with Gasteiger partial charge in [0.15, 0.2) is 11.4 Å². The molecule has 1 heterocycles. The molecule has 150 valence electrons. The fraction of sp³-hybridized carbons (Fsp3) is 0.0435. The van der Waals surface area contributed by atoms with Gasteiger partial charge >= 0.3 is 0 Å². The van der Waals surface area contributed by atoms with Gasteiger partial charge in [0, 0.05) is 10.2 Å². The Balaban J connectivity index is 1.63. The molecule has 1 aromatic heterocycles. The van der Waals surface area contributed by atoms with Crippen molar-refractivity contribution in [3.63, 3.8) is 0 Å². The molecule has 0 radical (unpaired) electrons. The molecule has 1 amide bonds. The first kappa shape index (κ1) is 19.8. The van der Waals surface area contributed by atoms with Gasteiger partial charge in [0.1, 0.15) is 12.4 Å². The number of rotatable bonds is 6. The smallest absolute Gasteiger partial charge is 0.280 e. The van der Waals surface area contributed by atoms with Gasteiger partial charge in [0.25, 0.3) is 5.91 Å². The van der Waals surface area contributed by atoms with Crippen LogP contribution in [0.15, 0.2) is 89.5 Å². The number of carbonyl (C=O) groups is 1. The summed E-state index contributed by atoms with van der Waals surface area (Å²) >= 11 is 3.39. The third-order valence-corrected chi connectivity index (χ3v) is 4.80. The second-order valence-corrected chi connectivity index (χ2v) is 7.42. The van der Waals surface area contributed by atoms with Crippen LogP contribution >= 0.6 is 15.9 Å². The molecule has 30 heavy (non-hydrogen) atoms. The zero-order chi connectivity index (χ0) is 20.9. The van der Waals surface area contributed by atoms with Crippen molar-refractivity contribution in [3.05, 3.63) is 107 Å². The number of ether oxygens (including phenoxy) is 1. The molecular formula is C23H17BrFN3O2. The van der Waals surface area contributed by atoms with Gasteiger partial charge in [-0.25, -0.2) is 9.07 Å². The number of halogens is 2. The molecule has 3 aromatic carbocycles. The second-order valence-electron chi connectivity index (χ2n) is 6.50. The third kappa shape index (κ3) is 4.75. The summed E-state index contributed by atoms with van der Waals surface area (Å²) in [5.74, 6) is -0.424. The third-order valence-electron chi connectivity index (χ3n) is 4.31. The topological polar surface area (TPSA) is 56.2 Å². The minimum atomic E-state index is -0.406. The maximum absolute atomic E-state index is 13.3. The Labute approximate surface area is 181 Å². The van der Waals surface area contributed by atoms with Gasteiger partial charge in [-0.3, -0.25) is 4.79 Å². The van der Waals surface area contributed by atoms with E-state index in [1.165, 1.54) is 16.8 Å². The molecule has 0 saturated carbocycles. The van der Waals surface area contributed by atoms with E-state index >= 15 is 0 Å². The number of nitrogens with zero attached hydrogens (tertiary/aromatic N) is 2.